The lowest BCUT2D eigenvalue weighted by atomic mass is 10.1. The molecule has 0 atom stereocenters. The van der Waals surface area contributed by atoms with E-state index in [2.05, 4.69) is 15.6 Å². The molecule has 0 amide bonds. The van der Waals surface area contributed by atoms with Crippen LogP contribution in [0.4, 0.5) is 0 Å². The normalized spacial score (nSPS) is 11.8. The van der Waals surface area contributed by atoms with E-state index in [1.54, 1.807) is 26.3 Å². The highest BCUT2D eigenvalue weighted by Crippen LogP contribution is 2.28. The fourth-order valence-electron chi connectivity index (χ4n) is 2.88. The Kier molecular flexibility index (Phi) is 8.94. The Morgan fingerprint density at radius 2 is 1.90 bits per heavy atom. The predicted molar refractivity (Wildman–Crippen MR) is 119 cm³/mol. The molecule has 0 saturated carbocycles. The van der Waals surface area contributed by atoms with E-state index in [-0.39, 0.29) is 4.90 Å². The number of benzene rings is 2. The fourth-order valence-corrected chi connectivity index (χ4v) is 3.47. The molecule has 0 bridgehead atoms. The number of sulfonamides is 1. The number of hydrogen-bond acceptors (Lipinski definition) is 5. The summed E-state index contributed by atoms with van der Waals surface area (Å²) in [6.45, 7) is 3.69. The minimum Gasteiger partial charge on any atom is -0.493 e. The molecule has 0 aromatic heterocycles. The van der Waals surface area contributed by atoms with Gasteiger partial charge < -0.3 is 20.1 Å². The van der Waals surface area contributed by atoms with Gasteiger partial charge in [0.1, 0.15) is 0 Å². The van der Waals surface area contributed by atoms with Crippen LogP contribution in [0.3, 0.4) is 0 Å². The van der Waals surface area contributed by atoms with Crippen LogP contribution in [-0.2, 0) is 23.0 Å². The molecule has 0 aliphatic heterocycles. The van der Waals surface area contributed by atoms with Crippen molar-refractivity contribution in [3.8, 4) is 11.5 Å². The summed E-state index contributed by atoms with van der Waals surface area (Å²) >= 11 is 0. The van der Waals surface area contributed by atoms with E-state index in [9.17, 15) is 8.42 Å². The number of nitrogens with one attached hydrogen (secondary N) is 2. The minimum atomic E-state index is -3.72. The number of guanidine groups is 1. The second-order valence-electron chi connectivity index (χ2n) is 6.57. The molecule has 0 saturated heterocycles. The van der Waals surface area contributed by atoms with Gasteiger partial charge in [-0.25, -0.2) is 13.6 Å². The zero-order valence-electron chi connectivity index (χ0n) is 17.6. The van der Waals surface area contributed by atoms with E-state index in [1.165, 1.54) is 11.6 Å². The summed E-state index contributed by atoms with van der Waals surface area (Å²) in [6.07, 6.45) is 1.78. The van der Waals surface area contributed by atoms with E-state index in [4.69, 9.17) is 14.6 Å². The Labute approximate surface area is 178 Å². The number of hydrogen-bond donors (Lipinski definition) is 3. The van der Waals surface area contributed by atoms with E-state index < -0.39 is 10.0 Å². The standard InChI is InChI=1S/C21H30N4O4S/c1-4-29-20-14-16(10-11-19(20)28-3)8-6-12-24-21(23-2)25-15-17-7-5-9-18(13-17)30(22,26)27/h5,7,9-11,13-14H,4,6,8,12,15H2,1-3H3,(H2,22,26,27)(H2,23,24,25). The van der Waals surface area contributed by atoms with Crippen molar-refractivity contribution in [1.82, 2.24) is 10.6 Å². The Morgan fingerprint density at radius 1 is 1.10 bits per heavy atom. The quantitative estimate of drug-likeness (QED) is 0.299. The first-order valence-corrected chi connectivity index (χ1v) is 11.3. The van der Waals surface area contributed by atoms with Crippen molar-refractivity contribution in [2.75, 3.05) is 27.3 Å². The van der Waals surface area contributed by atoms with E-state index >= 15 is 0 Å². The van der Waals surface area contributed by atoms with Crippen molar-refractivity contribution in [2.45, 2.75) is 31.2 Å². The highest BCUT2D eigenvalue weighted by atomic mass is 32.2. The molecule has 0 heterocycles. The number of ether oxygens (including phenoxy) is 2. The molecule has 2 aromatic rings. The molecule has 0 aliphatic rings. The molecule has 0 unspecified atom stereocenters. The molecule has 30 heavy (non-hydrogen) atoms. The SMILES string of the molecule is CCOc1cc(CCCNC(=NC)NCc2cccc(S(N)(=O)=O)c2)ccc1OC. The zero-order chi connectivity index (χ0) is 22.0. The maximum Gasteiger partial charge on any atom is 0.238 e. The van der Waals surface area contributed by atoms with Crippen LogP contribution in [0.2, 0.25) is 0 Å². The van der Waals surface area contributed by atoms with Crippen molar-refractivity contribution in [3.63, 3.8) is 0 Å². The average Bonchev–Trinajstić information content (AvgIpc) is 2.73. The number of primary sulfonamides is 1. The maximum absolute atomic E-state index is 11.5. The smallest absolute Gasteiger partial charge is 0.238 e. The number of nitrogens with zero attached hydrogens (tertiary/aromatic N) is 1. The number of aryl methyl sites for hydroxylation is 1. The molecule has 0 fully saturated rings. The Balaban J connectivity index is 1.82. The summed E-state index contributed by atoms with van der Waals surface area (Å²) in [5, 5.41) is 11.6. The number of nitrogens with two attached hydrogens (primary N) is 1. The van der Waals surface area contributed by atoms with Crippen molar-refractivity contribution >= 4 is 16.0 Å². The Hall–Kier alpha value is -2.78. The molecular formula is C21H30N4O4S. The van der Waals surface area contributed by atoms with E-state index in [0.29, 0.717) is 19.1 Å². The van der Waals surface area contributed by atoms with Crippen LogP contribution >= 0.6 is 0 Å². The molecule has 0 radical (unpaired) electrons. The second-order valence-corrected chi connectivity index (χ2v) is 8.13. The van der Waals surface area contributed by atoms with Crippen molar-refractivity contribution in [3.05, 3.63) is 53.6 Å². The molecule has 9 heteroatoms. The Bertz CT molecular complexity index is 961. The van der Waals surface area contributed by atoms with Crippen molar-refractivity contribution < 1.29 is 17.9 Å². The van der Waals surface area contributed by atoms with Gasteiger partial charge in [-0.15, -0.1) is 0 Å². The number of rotatable bonds is 10. The summed E-state index contributed by atoms with van der Waals surface area (Å²) in [6, 6.07) is 12.5. The predicted octanol–water partition coefficient (Wildman–Crippen LogP) is 2.04. The summed E-state index contributed by atoms with van der Waals surface area (Å²) in [7, 11) is -0.397. The lowest BCUT2D eigenvalue weighted by Gasteiger charge is -2.13. The first kappa shape index (κ1) is 23.5. The third kappa shape index (κ3) is 7.23. The molecule has 4 N–H and O–H groups in total. The maximum atomic E-state index is 11.5. The van der Waals surface area contributed by atoms with Gasteiger partial charge in [-0.3, -0.25) is 4.99 Å². The Morgan fingerprint density at radius 3 is 2.57 bits per heavy atom. The van der Waals surface area contributed by atoms with E-state index in [1.807, 2.05) is 31.2 Å². The first-order valence-electron chi connectivity index (χ1n) is 9.73. The largest absolute Gasteiger partial charge is 0.493 e. The first-order chi connectivity index (χ1) is 14.4. The summed E-state index contributed by atoms with van der Waals surface area (Å²) in [5.74, 6) is 2.13. The van der Waals surface area contributed by atoms with Gasteiger partial charge in [-0.2, -0.15) is 0 Å². The van der Waals surface area contributed by atoms with Gasteiger partial charge in [0.25, 0.3) is 0 Å². The third-order valence-corrected chi connectivity index (χ3v) is 5.28. The van der Waals surface area contributed by atoms with Crippen LogP contribution < -0.4 is 25.2 Å². The van der Waals surface area contributed by atoms with Crippen molar-refractivity contribution in [2.24, 2.45) is 10.1 Å². The number of aliphatic imine (C=N–C) groups is 1. The van der Waals surface area contributed by atoms with Crippen molar-refractivity contribution in [1.29, 1.82) is 0 Å². The lowest BCUT2D eigenvalue weighted by Crippen LogP contribution is -2.37. The van der Waals surface area contributed by atoms with Gasteiger partial charge >= 0.3 is 0 Å². The van der Waals surface area contributed by atoms with Crippen LogP contribution in [-0.4, -0.2) is 41.7 Å². The highest BCUT2D eigenvalue weighted by Gasteiger charge is 2.08. The number of methoxy groups -OCH3 is 1. The minimum absolute atomic E-state index is 0.0932. The van der Waals surface area contributed by atoms with E-state index in [0.717, 1.165) is 36.4 Å². The van der Waals surface area contributed by atoms with Crippen LogP contribution in [0.1, 0.15) is 24.5 Å². The molecule has 8 nitrogen and oxygen atoms in total. The van der Waals surface area contributed by atoms with Gasteiger partial charge in [-0.1, -0.05) is 18.2 Å². The molecule has 2 rings (SSSR count). The average molecular weight is 435 g/mol. The van der Waals surface area contributed by atoms with Crippen LogP contribution in [0.5, 0.6) is 11.5 Å². The summed E-state index contributed by atoms with van der Waals surface area (Å²) in [5.41, 5.74) is 1.97. The monoisotopic (exact) mass is 434 g/mol. The molecule has 2 aromatic carbocycles. The summed E-state index contributed by atoms with van der Waals surface area (Å²) < 4.78 is 33.9. The fraction of sp³-hybridized carbons (Fsp3) is 0.381. The molecular weight excluding hydrogens is 404 g/mol. The van der Waals surface area contributed by atoms with Gasteiger partial charge in [0, 0.05) is 20.1 Å². The zero-order valence-corrected chi connectivity index (χ0v) is 18.5. The molecule has 0 spiro atoms. The van der Waals surface area contributed by atoms with Gasteiger partial charge in [0.15, 0.2) is 17.5 Å². The summed E-state index contributed by atoms with van der Waals surface area (Å²) in [4.78, 5) is 4.29. The van der Waals surface area contributed by atoms with Crippen LogP contribution in [0.25, 0.3) is 0 Å². The molecule has 0 aliphatic carbocycles. The molecule has 164 valence electrons. The van der Waals surface area contributed by atoms with Crippen LogP contribution in [0, 0.1) is 0 Å². The van der Waals surface area contributed by atoms with Gasteiger partial charge in [0.05, 0.1) is 18.6 Å². The van der Waals surface area contributed by atoms with Gasteiger partial charge in [-0.05, 0) is 55.2 Å². The second kappa shape index (κ2) is 11.4. The topological polar surface area (TPSA) is 115 Å². The third-order valence-electron chi connectivity index (χ3n) is 4.37. The van der Waals surface area contributed by atoms with Crippen LogP contribution in [0.15, 0.2) is 52.4 Å². The lowest BCUT2D eigenvalue weighted by molar-refractivity contribution is 0.310. The highest BCUT2D eigenvalue weighted by molar-refractivity contribution is 7.89. The van der Waals surface area contributed by atoms with Gasteiger partial charge in [0.2, 0.25) is 10.0 Å².